The summed E-state index contributed by atoms with van der Waals surface area (Å²) in [4.78, 5) is 9.71. The molecule has 0 unspecified atom stereocenters. The molecule has 2 saturated heterocycles. The Hall–Kier alpha value is -1.72. The van der Waals surface area contributed by atoms with E-state index in [0.717, 1.165) is 13.1 Å². The second-order valence-corrected chi connectivity index (χ2v) is 7.62. The molecule has 5 heteroatoms. The van der Waals surface area contributed by atoms with E-state index in [1.165, 1.54) is 56.7 Å². The molecule has 4 rings (SSSR count). The molecule has 4 heterocycles. The van der Waals surface area contributed by atoms with Crippen molar-refractivity contribution in [3.63, 3.8) is 0 Å². The van der Waals surface area contributed by atoms with Gasteiger partial charge >= 0.3 is 0 Å². The first-order valence-corrected chi connectivity index (χ1v) is 9.03. The van der Waals surface area contributed by atoms with Gasteiger partial charge < -0.3 is 0 Å². The van der Waals surface area contributed by atoms with Gasteiger partial charge in [0, 0.05) is 51.2 Å². The summed E-state index contributed by atoms with van der Waals surface area (Å²) in [7, 11) is 1.99. The lowest BCUT2D eigenvalue weighted by molar-refractivity contribution is 0.0865. The zero-order valence-electron chi connectivity index (χ0n) is 14.6. The lowest BCUT2D eigenvalue weighted by atomic mass is 9.79. The standard InChI is InChI=1S/C19H27N5/c1-22-12-17(11-21-22)13-23-9-4-6-19(15-23)7-10-24(16-19)14-18-5-2-3-8-20-18/h2-3,5,8,11-12H,4,6-7,9-10,13-16H2,1H3/t19-/m1/s1. The molecule has 0 bridgehead atoms. The van der Waals surface area contributed by atoms with E-state index in [1.54, 1.807) is 0 Å². The highest BCUT2D eigenvalue weighted by atomic mass is 15.2. The number of rotatable bonds is 4. The first-order chi connectivity index (χ1) is 11.7. The zero-order valence-corrected chi connectivity index (χ0v) is 14.6. The Balaban J connectivity index is 1.36. The van der Waals surface area contributed by atoms with E-state index in [0.29, 0.717) is 5.41 Å². The second kappa shape index (κ2) is 6.65. The van der Waals surface area contributed by atoms with Gasteiger partial charge in [-0.25, -0.2) is 0 Å². The molecule has 0 saturated carbocycles. The van der Waals surface area contributed by atoms with Crippen LogP contribution in [0, 0.1) is 5.41 Å². The Labute approximate surface area is 144 Å². The van der Waals surface area contributed by atoms with Gasteiger partial charge in [0.15, 0.2) is 0 Å². The van der Waals surface area contributed by atoms with Gasteiger partial charge in [-0.3, -0.25) is 19.5 Å². The average Bonchev–Trinajstić information content (AvgIpc) is 3.15. The number of nitrogens with zero attached hydrogens (tertiary/aromatic N) is 5. The molecule has 24 heavy (non-hydrogen) atoms. The van der Waals surface area contributed by atoms with Crippen LogP contribution in [0.15, 0.2) is 36.8 Å². The first kappa shape index (κ1) is 15.8. The fraction of sp³-hybridized carbons (Fsp3) is 0.579. The normalized spacial score (nSPS) is 25.5. The van der Waals surface area contributed by atoms with Gasteiger partial charge in [-0.15, -0.1) is 0 Å². The van der Waals surface area contributed by atoms with Crippen LogP contribution in [0.1, 0.15) is 30.5 Å². The predicted octanol–water partition coefficient (Wildman–Crippen LogP) is 2.30. The zero-order chi connectivity index (χ0) is 16.4. The van der Waals surface area contributed by atoms with E-state index < -0.39 is 0 Å². The minimum Gasteiger partial charge on any atom is -0.298 e. The first-order valence-electron chi connectivity index (χ1n) is 9.03. The van der Waals surface area contributed by atoms with Crippen molar-refractivity contribution in [1.29, 1.82) is 0 Å². The third-order valence-electron chi connectivity index (χ3n) is 5.53. The Morgan fingerprint density at radius 2 is 1.96 bits per heavy atom. The number of pyridine rings is 1. The Kier molecular flexibility index (Phi) is 4.37. The largest absolute Gasteiger partial charge is 0.298 e. The van der Waals surface area contributed by atoms with Crippen LogP contribution >= 0.6 is 0 Å². The van der Waals surface area contributed by atoms with Crippen LogP contribution in [-0.2, 0) is 20.1 Å². The molecular weight excluding hydrogens is 298 g/mol. The Bertz CT molecular complexity index is 667. The molecule has 2 aliphatic heterocycles. The molecule has 0 aromatic carbocycles. The smallest absolute Gasteiger partial charge is 0.0543 e. The molecule has 2 aromatic heterocycles. The van der Waals surface area contributed by atoms with Gasteiger partial charge in [-0.05, 0) is 49.9 Å². The fourth-order valence-corrected chi connectivity index (χ4v) is 4.47. The second-order valence-electron chi connectivity index (χ2n) is 7.62. The highest BCUT2D eigenvalue weighted by Gasteiger charge is 2.41. The van der Waals surface area contributed by atoms with Crippen LogP contribution in [0.2, 0.25) is 0 Å². The van der Waals surface area contributed by atoms with Gasteiger partial charge in [-0.1, -0.05) is 6.07 Å². The number of piperidine rings is 1. The summed E-state index contributed by atoms with van der Waals surface area (Å²) in [5, 5.41) is 4.30. The van der Waals surface area contributed by atoms with Crippen LogP contribution < -0.4 is 0 Å². The third-order valence-corrected chi connectivity index (χ3v) is 5.53. The molecule has 0 radical (unpaired) electrons. The molecule has 2 aromatic rings. The van der Waals surface area contributed by atoms with Gasteiger partial charge in [0.05, 0.1) is 11.9 Å². The molecule has 1 atom stereocenters. The van der Waals surface area contributed by atoms with Gasteiger partial charge in [0.2, 0.25) is 0 Å². The van der Waals surface area contributed by atoms with Crippen molar-refractivity contribution in [1.82, 2.24) is 24.6 Å². The fourth-order valence-electron chi connectivity index (χ4n) is 4.47. The maximum Gasteiger partial charge on any atom is 0.0543 e. The number of hydrogen-bond acceptors (Lipinski definition) is 4. The van der Waals surface area contributed by atoms with Crippen molar-refractivity contribution in [2.75, 3.05) is 26.2 Å². The van der Waals surface area contributed by atoms with Crippen molar-refractivity contribution in [2.24, 2.45) is 12.5 Å². The van der Waals surface area contributed by atoms with Crippen molar-refractivity contribution in [2.45, 2.75) is 32.4 Å². The molecule has 5 nitrogen and oxygen atoms in total. The minimum absolute atomic E-state index is 0.481. The van der Waals surface area contributed by atoms with Crippen LogP contribution in [0.4, 0.5) is 0 Å². The molecule has 128 valence electrons. The molecule has 2 aliphatic rings. The Morgan fingerprint density at radius 3 is 2.71 bits per heavy atom. The van der Waals surface area contributed by atoms with Gasteiger partial charge in [0.25, 0.3) is 0 Å². The van der Waals surface area contributed by atoms with Crippen LogP contribution in [0.25, 0.3) is 0 Å². The SMILES string of the molecule is Cn1cc(CN2CCC[C@@]3(CCN(Cc4ccccn4)C3)C2)cn1. The van der Waals surface area contributed by atoms with E-state index >= 15 is 0 Å². The van der Waals surface area contributed by atoms with E-state index in [1.807, 2.05) is 30.2 Å². The molecule has 2 fully saturated rings. The summed E-state index contributed by atoms with van der Waals surface area (Å²) in [6.07, 6.45) is 10.1. The van der Waals surface area contributed by atoms with E-state index in [4.69, 9.17) is 0 Å². The molecule has 0 N–H and O–H groups in total. The van der Waals surface area contributed by atoms with Crippen molar-refractivity contribution in [3.8, 4) is 0 Å². The van der Waals surface area contributed by atoms with Gasteiger partial charge in [0.1, 0.15) is 0 Å². The van der Waals surface area contributed by atoms with Gasteiger partial charge in [-0.2, -0.15) is 5.10 Å². The number of aryl methyl sites for hydroxylation is 1. The van der Waals surface area contributed by atoms with E-state index in [9.17, 15) is 0 Å². The topological polar surface area (TPSA) is 37.2 Å². The summed E-state index contributed by atoms with van der Waals surface area (Å²) in [6, 6.07) is 6.22. The lowest BCUT2D eigenvalue weighted by Gasteiger charge is -2.40. The summed E-state index contributed by atoms with van der Waals surface area (Å²) in [5.74, 6) is 0. The third kappa shape index (κ3) is 3.52. The maximum absolute atomic E-state index is 4.49. The van der Waals surface area contributed by atoms with Crippen LogP contribution in [-0.4, -0.2) is 50.7 Å². The summed E-state index contributed by atoms with van der Waals surface area (Å²) in [5.41, 5.74) is 3.00. The maximum atomic E-state index is 4.49. The number of likely N-dealkylation sites (tertiary alicyclic amines) is 2. The summed E-state index contributed by atoms with van der Waals surface area (Å²) >= 11 is 0. The Morgan fingerprint density at radius 1 is 1.08 bits per heavy atom. The lowest BCUT2D eigenvalue weighted by Crippen LogP contribution is -2.44. The highest BCUT2D eigenvalue weighted by molar-refractivity contribution is 5.06. The van der Waals surface area contributed by atoms with Crippen LogP contribution in [0.5, 0.6) is 0 Å². The van der Waals surface area contributed by atoms with Crippen LogP contribution in [0.3, 0.4) is 0 Å². The van der Waals surface area contributed by atoms with Crippen molar-refractivity contribution in [3.05, 3.63) is 48.0 Å². The van der Waals surface area contributed by atoms with Crippen molar-refractivity contribution >= 4 is 0 Å². The monoisotopic (exact) mass is 325 g/mol. The van der Waals surface area contributed by atoms with E-state index in [-0.39, 0.29) is 0 Å². The summed E-state index contributed by atoms with van der Waals surface area (Å²) < 4.78 is 1.90. The molecule has 0 aliphatic carbocycles. The number of aromatic nitrogens is 3. The molecule has 0 amide bonds. The quantitative estimate of drug-likeness (QED) is 0.864. The van der Waals surface area contributed by atoms with E-state index in [2.05, 4.69) is 38.2 Å². The molecule has 1 spiro atoms. The minimum atomic E-state index is 0.481. The number of hydrogen-bond donors (Lipinski definition) is 0. The summed E-state index contributed by atoms with van der Waals surface area (Å²) in [6.45, 7) is 6.89. The highest BCUT2D eigenvalue weighted by Crippen LogP contribution is 2.39. The molecular formula is C19H27N5. The predicted molar refractivity (Wildman–Crippen MR) is 94.3 cm³/mol. The average molecular weight is 325 g/mol. The van der Waals surface area contributed by atoms with Crippen molar-refractivity contribution < 1.29 is 0 Å².